The average molecular weight is 240 g/mol. The molecule has 2 fully saturated rings. The number of hydrogen-bond donors (Lipinski definition) is 1. The molecule has 0 aromatic rings. The molecule has 1 spiro atoms. The second-order valence-corrected chi connectivity index (χ2v) is 5.18. The predicted molar refractivity (Wildman–Crippen MR) is 66.8 cm³/mol. The van der Waals surface area contributed by atoms with Gasteiger partial charge in [-0.3, -0.25) is 4.79 Å². The monoisotopic (exact) mass is 240 g/mol. The van der Waals surface area contributed by atoms with Crippen LogP contribution in [0.25, 0.3) is 0 Å². The lowest BCUT2D eigenvalue weighted by molar-refractivity contribution is -0.133. The third-order valence-electron chi connectivity index (χ3n) is 4.32. The highest BCUT2D eigenvalue weighted by atomic mass is 16.5. The van der Waals surface area contributed by atoms with Crippen molar-refractivity contribution in [2.24, 2.45) is 11.3 Å². The molecule has 4 heteroatoms. The molecule has 0 aliphatic carbocycles. The molecule has 2 aliphatic heterocycles. The van der Waals surface area contributed by atoms with E-state index in [-0.39, 0.29) is 11.3 Å². The maximum Gasteiger partial charge on any atom is 0.228 e. The summed E-state index contributed by atoms with van der Waals surface area (Å²) in [5, 5.41) is 3.39. The van der Waals surface area contributed by atoms with Crippen LogP contribution in [0.15, 0.2) is 0 Å². The van der Waals surface area contributed by atoms with Crippen LogP contribution in [0.5, 0.6) is 0 Å². The van der Waals surface area contributed by atoms with Crippen molar-refractivity contribution < 1.29 is 9.53 Å². The summed E-state index contributed by atoms with van der Waals surface area (Å²) in [6.45, 7) is 9.19. The minimum absolute atomic E-state index is 0.0875. The Morgan fingerprint density at radius 1 is 1.41 bits per heavy atom. The minimum Gasteiger partial charge on any atom is -0.381 e. The molecule has 2 rings (SSSR count). The van der Waals surface area contributed by atoms with Crippen molar-refractivity contribution in [2.75, 3.05) is 39.4 Å². The van der Waals surface area contributed by atoms with Crippen LogP contribution in [0.3, 0.4) is 0 Å². The summed E-state index contributed by atoms with van der Waals surface area (Å²) in [5.41, 5.74) is 0.174. The van der Waals surface area contributed by atoms with Crippen LogP contribution < -0.4 is 5.32 Å². The van der Waals surface area contributed by atoms with E-state index in [2.05, 4.69) is 12.2 Å². The summed E-state index contributed by atoms with van der Waals surface area (Å²) < 4.78 is 5.54. The van der Waals surface area contributed by atoms with E-state index in [1.807, 2.05) is 11.8 Å². The second kappa shape index (κ2) is 5.36. The SMILES string of the molecule is CCOCC1C(=O)N(CC)CC12CCNCC2. The molecule has 1 N–H and O–H groups in total. The molecule has 98 valence electrons. The number of likely N-dealkylation sites (tertiary alicyclic amines) is 1. The van der Waals surface area contributed by atoms with Gasteiger partial charge in [0.2, 0.25) is 5.91 Å². The van der Waals surface area contributed by atoms with Gasteiger partial charge in [-0.25, -0.2) is 0 Å². The van der Waals surface area contributed by atoms with Gasteiger partial charge in [0.15, 0.2) is 0 Å². The van der Waals surface area contributed by atoms with Gasteiger partial charge in [0.05, 0.1) is 12.5 Å². The van der Waals surface area contributed by atoms with Gasteiger partial charge in [-0.05, 0) is 39.8 Å². The van der Waals surface area contributed by atoms with Gasteiger partial charge < -0.3 is 15.0 Å². The van der Waals surface area contributed by atoms with Crippen molar-refractivity contribution in [3.63, 3.8) is 0 Å². The highest BCUT2D eigenvalue weighted by molar-refractivity contribution is 5.82. The molecule has 4 nitrogen and oxygen atoms in total. The van der Waals surface area contributed by atoms with E-state index in [1.54, 1.807) is 0 Å². The molecule has 0 aromatic carbocycles. The number of rotatable bonds is 4. The fraction of sp³-hybridized carbons (Fsp3) is 0.923. The number of carbonyl (C=O) groups is 1. The van der Waals surface area contributed by atoms with E-state index < -0.39 is 0 Å². The molecule has 1 amide bonds. The first kappa shape index (κ1) is 12.8. The summed E-state index contributed by atoms with van der Waals surface area (Å²) in [6.07, 6.45) is 2.21. The zero-order valence-corrected chi connectivity index (χ0v) is 11.0. The number of piperidine rings is 1. The fourth-order valence-corrected chi connectivity index (χ4v) is 3.23. The fourth-order valence-electron chi connectivity index (χ4n) is 3.23. The van der Waals surface area contributed by atoms with Crippen molar-refractivity contribution in [2.45, 2.75) is 26.7 Å². The Morgan fingerprint density at radius 2 is 2.12 bits per heavy atom. The van der Waals surface area contributed by atoms with Crippen LogP contribution >= 0.6 is 0 Å². The molecule has 17 heavy (non-hydrogen) atoms. The maximum absolute atomic E-state index is 12.3. The smallest absolute Gasteiger partial charge is 0.228 e. The molecular formula is C13H24N2O2. The van der Waals surface area contributed by atoms with Crippen molar-refractivity contribution in [3.05, 3.63) is 0 Å². The summed E-state index contributed by atoms with van der Waals surface area (Å²) in [5.74, 6) is 0.396. The van der Waals surface area contributed by atoms with Gasteiger partial charge >= 0.3 is 0 Å². The molecule has 0 aromatic heterocycles. The molecule has 1 unspecified atom stereocenters. The van der Waals surface area contributed by atoms with Gasteiger partial charge in [0.1, 0.15) is 0 Å². The lowest BCUT2D eigenvalue weighted by Gasteiger charge is -2.37. The van der Waals surface area contributed by atoms with E-state index in [9.17, 15) is 4.79 Å². The zero-order chi connectivity index (χ0) is 12.3. The molecule has 1 atom stereocenters. The summed E-state index contributed by atoms with van der Waals surface area (Å²) in [4.78, 5) is 14.4. The van der Waals surface area contributed by atoms with Gasteiger partial charge in [-0.2, -0.15) is 0 Å². The third kappa shape index (κ3) is 2.33. The maximum atomic E-state index is 12.3. The molecule has 0 radical (unpaired) electrons. The minimum atomic E-state index is 0.0875. The Hall–Kier alpha value is -0.610. The van der Waals surface area contributed by atoms with Crippen LogP contribution in [-0.4, -0.2) is 50.2 Å². The summed E-state index contributed by atoms with van der Waals surface area (Å²) in [6, 6.07) is 0. The first-order chi connectivity index (χ1) is 8.23. The van der Waals surface area contributed by atoms with Gasteiger partial charge in [0, 0.05) is 25.1 Å². The first-order valence-electron chi connectivity index (χ1n) is 6.81. The molecule has 2 heterocycles. The second-order valence-electron chi connectivity index (χ2n) is 5.18. The number of hydrogen-bond acceptors (Lipinski definition) is 3. The molecule has 2 saturated heterocycles. The van der Waals surface area contributed by atoms with E-state index in [1.165, 1.54) is 0 Å². The van der Waals surface area contributed by atoms with Crippen LogP contribution in [0.4, 0.5) is 0 Å². The average Bonchev–Trinajstić information content (AvgIpc) is 2.61. The Bertz CT molecular complexity index is 275. The highest BCUT2D eigenvalue weighted by Crippen LogP contribution is 2.44. The van der Waals surface area contributed by atoms with Crippen molar-refractivity contribution in [1.29, 1.82) is 0 Å². The van der Waals surface area contributed by atoms with Crippen LogP contribution in [0.1, 0.15) is 26.7 Å². The number of amides is 1. The quantitative estimate of drug-likeness (QED) is 0.793. The topological polar surface area (TPSA) is 41.6 Å². The van der Waals surface area contributed by atoms with E-state index in [0.717, 1.165) is 39.0 Å². The Morgan fingerprint density at radius 3 is 2.71 bits per heavy atom. The molecular weight excluding hydrogens is 216 g/mol. The molecule has 2 aliphatic rings. The number of nitrogens with one attached hydrogen (secondary N) is 1. The van der Waals surface area contributed by atoms with E-state index in [4.69, 9.17) is 4.74 Å². The van der Waals surface area contributed by atoms with E-state index in [0.29, 0.717) is 19.1 Å². The first-order valence-corrected chi connectivity index (χ1v) is 6.81. The van der Waals surface area contributed by atoms with Crippen LogP contribution in [0.2, 0.25) is 0 Å². The predicted octanol–water partition coefficient (Wildman–Crippen LogP) is 0.871. The normalized spacial score (nSPS) is 28.0. The van der Waals surface area contributed by atoms with Gasteiger partial charge in [-0.1, -0.05) is 0 Å². The number of nitrogens with zero attached hydrogens (tertiary/aromatic N) is 1. The largest absolute Gasteiger partial charge is 0.381 e. The Kier molecular flexibility index (Phi) is 4.05. The number of carbonyl (C=O) groups excluding carboxylic acids is 1. The molecule has 0 saturated carbocycles. The summed E-state index contributed by atoms with van der Waals surface area (Å²) >= 11 is 0. The highest BCUT2D eigenvalue weighted by Gasteiger charge is 2.51. The lowest BCUT2D eigenvalue weighted by Crippen LogP contribution is -2.43. The van der Waals surface area contributed by atoms with Crippen LogP contribution in [-0.2, 0) is 9.53 Å². The van der Waals surface area contributed by atoms with Crippen molar-refractivity contribution in [1.82, 2.24) is 10.2 Å². The Labute approximate surface area is 104 Å². The standard InChI is InChI=1S/C13H24N2O2/c1-3-15-10-13(5-7-14-8-6-13)11(12(15)16)9-17-4-2/h11,14H,3-10H2,1-2H3. The summed E-state index contributed by atoms with van der Waals surface area (Å²) in [7, 11) is 0. The number of ether oxygens (including phenoxy) is 1. The molecule has 0 bridgehead atoms. The van der Waals surface area contributed by atoms with Gasteiger partial charge in [0.25, 0.3) is 0 Å². The third-order valence-corrected chi connectivity index (χ3v) is 4.32. The van der Waals surface area contributed by atoms with Crippen molar-refractivity contribution in [3.8, 4) is 0 Å². The van der Waals surface area contributed by atoms with Crippen molar-refractivity contribution >= 4 is 5.91 Å². The Balaban J connectivity index is 2.13. The zero-order valence-electron chi connectivity index (χ0n) is 11.0. The van der Waals surface area contributed by atoms with Crippen LogP contribution in [0, 0.1) is 11.3 Å². The lowest BCUT2D eigenvalue weighted by atomic mass is 9.71. The van der Waals surface area contributed by atoms with E-state index >= 15 is 0 Å². The van der Waals surface area contributed by atoms with Gasteiger partial charge in [-0.15, -0.1) is 0 Å².